The summed E-state index contributed by atoms with van der Waals surface area (Å²) in [6.07, 6.45) is 1.91. The predicted molar refractivity (Wildman–Crippen MR) is 151 cm³/mol. The Labute approximate surface area is 221 Å². The third kappa shape index (κ3) is 4.67. The number of thiazole rings is 1. The topological polar surface area (TPSA) is 52.8 Å². The van der Waals surface area contributed by atoms with Gasteiger partial charge in [0.1, 0.15) is 6.61 Å². The summed E-state index contributed by atoms with van der Waals surface area (Å²) < 4.78 is 15.4. The Balaban J connectivity index is 1.53. The van der Waals surface area contributed by atoms with Crippen molar-refractivity contribution in [2.24, 2.45) is 0 Å². The average molecular weight is 596 g/mol. The Morgan fingerprint density at radius 2 is 1.77 bits per heavy atom. The second kappa shape index (κ2) is 9.62. The molecule has 3 aromatic carbocycles. The first-order valence-electron chi connectivity index (χ1n) is 11.4. The Morgan fingerprint density at radius 3 is 2.51 bits per heavy atom. The van der Waals surface area contributed by atoms with Crippen molar-refractivity contribution in [3.63, 3.8) is 0 Å². The minimum atomic E-state index is -0.0524. The molecule has 5 rings (SSSR count). The lowest BCUT2D eigenvalue weighted by Crippen LogP contribution is -2.22. The molecule has 2 heterocycles. The molecular formula is C28H25IN2O3S. The van der Waals surface area contributed by atoms with Crippen LogP contribution >= 0.6 is 33.9 Å². The number of fused-ring (bicyclic) bond motifs is 3. The summed E-state index contributed by atoms with van der Waals surface area (Å²) >= 11 is 3.67. The molecule has 0 unspecified atom stereocenters. The lowest BCUT2D eigenvalue weighted by molar-refractivity contribution is 0.267. The molecule has 0 radical (unpaired) electrons. The summed E-state index contributed by atoms with van der Waals surface area (Å²) in [5.74, 6) is 1.38. The SMILES string of the molecule is CCOc1cc(/C=c2\sc3nc4cc(C)c(C)cc4n3c2=O)cc(I)c1OCc1ccc(C)cc1. The van der Waals surface area contributed by atoms with E-state index in [1.165, 1.54) is 22.5 Å². The monoisotopic (exact) mass is 596 g/mol. The molecule has 0 aliphatic heterocycles. The number of aromatic nitrogens is 2. The number of benzene rings is 3. The minimum Gasteiger partial charge on any atom is -0.490 e. The van der Waals surface area contributed by atoms with E-state index < -0.39 is 0 Å². The number of hydrogen-bond acceptors (Lipinski definition) is 5. The standard InChI is InChI=1S/C28H25IN2O3S/c1-5-33-24-13-20(12-21(29)26(24)34-15-19-8-6-16(2)7-9-19)14-25-27(32)31-23-11-18(4)17(3)10-22(23)30-28(31)35-25/h6-14H,5,15H2,1-4H3/b25-14-. The molecule has 0 amide bonds. The van der Waals surface area contributed by atoms with Crippen LogP contribution in [-0.4, -0.2) is 16.0 Å². The highest BCUT2D eigenvalue weighted by Gasteiger charge is 2.15. The molecule has 7 heteroatoms. The third-order valence-corrected chi connectivity index (χ3v) is 7.76. The maximum atomic E-state index is 13.3. The number of aryl methyl sites for hydroxylation is 3. The second-order valence-corrected chi connectivity index (χ2v) is 10.8. The normalized spacial score (nSPS) is 12.1. The van der Waals surface area contributed by atoms with E-state index in [0.717, 1.165) is 31.3 Å². The minimum absolute atomic E-state index is 0.0524. The molecule has 0 bridgehead atoms. The van der Waals surface area contributed by atoms with Gasteiger partial charge in [-0.3, -0.25) is 4.79 Å². The van der Waals surface area contributed by atoms with E-state index >= 15 is 0 Å². The molecule has 0 saturated carbocycles. The molecule has 0 saturated heterocycles. The van der Waals surface area contributed by atoms with Gasteiger partial charge in [0.25, 0.3) is 5.56 Å². The second-order valence-electron chi connectivity index (χ2n) is 8.61. The quantitative estimate of drug-likeness (QED) is 0.227. The zero-order valence-electron chi connectivity index (χ0n) is 20.0. The van der Waals surface area contributed by atoms with Crippen LogP contribution < -0.4 is 19.6 Å². The summed E-state index contributed by atoms with van der Waals surface area (Å²) in [7, 11) is 0. The van der Waals surface area contributed by atoms with Gasteiger partial charge in [-0.2, -0.15) is 0 Å². The highest BCUT2D eigenvalue weighted by Crippen LogP contribution is 2.35. The van der Waals surface area contributed by atoms with Gasteiger partial charge in [0.2, 0.25) is 0 Å². The summed E-state index contributed by atoms with van der Waals surface area (Å²) in [6, 6.07) is 16.3. The number of ether oxygens (including phenoxy) is 2. The number of rotatable bonds is 6. The fourth-order valence-electron chi connectivity index (χ4n) is 3.98. The Kier molecular flexibility index (Phi) is 6.55. The van der Waals surface area contributed by atoms with Crippen LogP contribution in [0.15, 0.2) is 53.3 Å². The first kappa shape index (κ1) is 23.8. The fraction of sp³-hybridized carbons (Fsp3) is 0.214. The zero-order valence-corrected chi connectivity index (χ0v) is 23.0. The predicted octanol–water partition coefficient (Wildman–Crippen LogP) is 5.96. The maximum Gasteiger partial charge on any atom is 0.274 e. The van der Waals surface area contributed by atoms with Gasteiger partial charge in [-0.15, -0.1) is 0 Å². The Hall–Kier alpha value is -2.91. The molecule has 0 aliphatic rings. The van der Waals surface area contributed by atoms with E-state index in [9.17, 15) is 4.79 Å². The molecule has 0 spiro atoms. The van der Waals surface area contributed by atoms with Gasteiger partial charge >= 0.3 is 0 Å². The van der Waals surface area contributed by atoms with E-state index in [1.807, 2.05) is 37.3 Å². The summed E-state index contributed by atoms with van der Waals surface area (Å²) in [5.41, 5.74) is 7.18. The molecular weight excluding hydrogens is 571 g/mol. The molecule has 35 heavy (non-hydrogen) atoms. The molecule has 0 atom stereocenters. The molecule has 5 nitrogen and oxygen atoms in total. The summed E-state index contributed by atoms with van der Waals surface area (Å²) in [5, 5.41) is 0. The molecule has 0 fully saturated rings. The van der Waals surface area contributed by atoms with Crippen LogP contribution in [0.3, 0.4) is 0 Å². The van der Waals surface area contributed by atoms with Crippen molar-refractivity contribution in [3.05, 3.63) is 94.8 Å². The van der Waals surface area contributed by atoms with Crippen LogP contribution in [0.4, 0.5) is 0 Å². The van der Waals surface area contributed by atoms with E-state index in [1.54, 1.807) is 4.40 Å². The Bertz CT molecular complexity index is 1670. The van der Waals surface area contributed by atoms with Crippen LogP contribution in [0.1, 0.15) is 34.7 Å². The average Bonchev–Trinajstić information content (AvgIpc) is 3.30. The van der Waals surface area contributed by atoms with Gasteiger partial charge in [-0.25, -0.2) is 9.38 Å². The largest absolute Gasteiger partial charge is 0.490 e. The summed E-state index contributed by atoms with van der Waals surface area (Å²) in [4.78, 5) is 18.7. The van der Waals surface area contributed by atoms with Gasteiger partial charge in [-0.05, 0) is 103 Å². The molecule has 0 N–H and O–H groups in total. The van der Waals surface area contributed by atoms with Gasteiger partial charge in [0, 0.05) is 0 Å². The van der Waals surface area contributed by atoms with Crippen LogP contribution in [0, 0.1) is 24.3 Å². The van der Waals surface area contributed by atoms with Gasteiger partial charge in [0.15, 0.2) is 16.5 Å². The fourth-order valence-corrected chi connectivity index (χ4v) is 5.75. The number of halogens is 1. The first-order valence-corrected chi connectivity index (χ1v) is 13.3. The highest BCUT2D eigenvalue weighted by atomic mass is 127. The first-order chi connectivity index (χ1) is 16.8. The number of imidazole rings is 1. The molecule has 2 aromatic heterocycles. The van der Waals surface area contributed by atoms with E-state index in [4.69, 9.17) is 14.5 Å². The van der Waals surface area contributed by atoms with Crippen molar-refractivity contribution in [2.75, 3.05) is 6.61 Å². The van der Waals surface area contributed by atoms with Crippen LogP contribution in [-0.2, 0) is 6.61 Å². The maximum absolute atomic E-state index is 13.3. The van der Waals surface area contributed by atoms with Gasteiger partial charge < -0.3 is 9.47 Å². The van der Waals surface area contributed by atoms with E-state index in [0.29, 0.717) is 34.2 Å². The lowest BCUT2D eigenvalue weighted by atomic mass is 10.1. The van der Waals surface area contributed by atoms with E-state index in [2.05, 4.69) is 67.6 Å². The van der Waals surface area contributed by atoms with Gasteiger partial charge in [-0.1, -0.05) is 41.2 Å². The third-order valence-electron chi connectivity index (χ3n) is 5.99. The van der Waals surface area contributed by atoms with Crippen molar-refractivity contribution in [1.82, 2.24) is 9.38 Å². The smallest absolute Gasteiger partial charge is 0.274 e. The van der Waals surface area contributed by atoms with Crippen molar-refractivity contribution in [2.45, 2.75) is 34.3 Å². The number of nitrogens with zero attached hydrogens (tertiary/aromatic N) is 2. The molecule has 5 aromatic rings. The van der Waals surface area contributed by atoms with Crippen molar-refractivity contribution < 1.29 is 9.47 Å². The van der Waals surface area contributed by atoms with Gasteiger partial charge in [0.05, 0.1) is 25.7 Å². The molecule has 0 aliphatic carbocycles. The Morgan fingerprint density at radius 1 is 1.03 bits per heavy atom. The number of hydrogen-bond donors (Lipinski definition) is 0. The van der Waals surface area contributed by atoms with Crippen LogP contribution in [0.25, 0.3) is 22.1 Å². The van der Waals surface area contributed by atoms with E-state index in [-0.39, 0.29) is 5.56 Å². The zero-order chi connectivity index (χ0) is 24.7. The van der Waals surface area contributed by atoms with Crippen molar-refractivity contribution in [3.8, 4) is 11.5 Å². The highest BCUT2D eigenvalue weighted by molar-refractivity contribution is 14.1. The lowest BCUT2D eigenvalue weighted by Gasteiger charge is -2.15. The van der Waals surface area contributed by atoms with Crippen molar-refractivity contribution >= 4 is 56.0 Å². The van der Waals surface area contributed by atoms with Crippen LogP contribution in [0.2, 0.25) is 0 Å². The summed E-state index contributed by atoms with van der Waals surface area (Å²) in [6.45, 7) is 9.11. The van der Waals surface area contributed by atoms with Crippen LogP contribution in [0.5, 0.6) is 11.5 Å². The van der Waals surface area contributed by atoms with Crippen molar-refractivity contribution in [1.29, 1.82) is 0 Å². The molecule has 178 valence electrons.